The average Bonchev–Trinajstić information content (AvgIpc) is 3.11. The lowest BCUT2D eigenvalue weighted by molar-refractivity contribution is -0.151. The van der Waals surface area contributed by atoms with Crippen molar-refractivity contribution in [3.8, 4) is 28.4 Å². The summed E-state index contributed by atoms with van der Waals surface area (Å²) >= 11 is 0. The molecule has 10 heteroatoms. The largest absolute Gasteiger partial charge is 0.493 e. The topological polar surface area (TPSA) is 124 Å². The summed E-state index contributed by atoms with van der Waals surface area (Å²) in [6, 6.07) is 21.1. The van der Waals surface area contributed by atoms with Crippen LogP contribution >= 0.6 is 0 Å². The second-order valence-corrected chi connectivity index (χ2v) is 11.1. The molecule has 3 aromatic carbocycles. The molecule has 3 aromatic rings. The summed E-state index contributed by atoms with van der Waals surface area (Å²) in [4.78, 5) is 48.0. The van der Waals surface area contributed by atoms with Gasteiger partial charge in [0.25, 0.3) is 0 Å². The summed E-state index contributed by atoms with van der Waals surface area (Å²) < 4.78 is 32.3. The van der Waals surface area contributed by atoms with E-state index in [4.69, 9.17) is 28.4 Å². The molecule has 0 radical (unpaired) electrons. The van der Waals surface area contributed by atoms with Crippen LogP contribution in [0.5, 0.6) is 17.2 Å². The first-order chi connectivity index (χ1) is 23.3. The van der Waals surface area contributed by atoms with E-state index in [2.05, 4.69) is 13.2 Å². The molecule has 0 aliphatic heterocycles. The molecule has 0 saturated heterocycles. The Balaban J connectivity index is 1.13. The molecule has 10 nitrogen and oxygen atoms in total. The Kier molecular flexibility index (Phi) is 13.8. The molecule has 0 atom stereocenters. The summed E-state index contributed by atoms with van der Waals surface area (Å²) in [5.74, 6) is -0.545. The fraction of sp³-hybridized carbons (Fsp3) is 0.316. The highest BCUT2D eigenvalue weighted by Gasteiger charge is 2.20. The van der Waals surface area contributed by atoms with Crippen molar-refractivity contribution in [2.45, 2.75) is 51.0 Å². The van der Waals surface area contributed by atoms with Crippen molar-refractivity contribution in [2.75, 3.05) is 26.4 Å². The highest BCUT2D eigenvalue weighted by Crippen LogP contribution is 2.26. The van der Waals surface area contributed by atoms with Crippen LogP contribution in [0.3, 0.4) is 0 Å². The lowest BCUT2D eigenvalue weighted by Crippen LogP contribution is -2.22. The van der Waals surface area contributed by atoms with E-state index >= 15 is 0 Å². The van der Waals surface area contributed by atoms with Crippen LogP contribution in [0.2, 0.25) is 0 Å². The molecular formula is C38H40O10. The number of ether oxygens (including phenoxy) is 6. The van der Waals surface area contributed by atoms with Gasteiger partial charge in [0.15, 0.2) is 0 Å². The number of carbonyl (C=O) groups excluding carboxylic acids is 4. The molecule has 0 amide bonds. The van der Waals surface area contributed by atoms with E-state index in [1.165, 1.54) is 0 Å². The number of hydrogen-bond donors (Lipinski definition) is 0. The molecule has 252 valence electrons. The van der Waals surface area contributed by atoms with Crippen molar-refractivity contribution in [1.82, 2.24) is 0 Å². The maximum absolute atomic E-state index is 12.7. The van der Waals surface area contributed by atoms with E-state index in [-0.39, 0.29) is 37.9 Å². The van der Waals surface area contributed by atoms with E-state index < -0.39 is 23.9 Å². The van der Waals surface area contributed by atoms with E-state index in [1.54, 1.807) is 36.4 Å². The normalized spacial score (nSPS) is 12.7. The van der Waals surface area contributed by atoms with Gasteiger partial charge >= 0.3 is 23.9 Å². The summed E-state index contributed by atoms with van der Waals surface area (Å²) in [5, 5.41) is 0. The van der Waals surface area contributed by atoms with Crippen LogP contribution in [0.25, 0.3) is 11.1 Å². The molecular weight excluding hydrogens is 616 g/mol. The Morgan fingerprint density at radius 3 is 1.90 bits per heavy atom. The molecule has 1 aliphatic carbocycles. The fourth-order valence-electron chi connectivity index (χ4n) is 4.85. The zero-order chi connectivity index (χ0) is 34.1. The maximum Gasteiger partial charge on any atom is 0.343 e. The average molecular weight is 657 g/mol. The van der Waals surface area contributed by atoms with E-state index in [9.17, 15) is 19.2 Å². The van der Waals surface area contributed by atoms with Crippen molar-refractivity contribution in [3.63, 3.8) is 0 Å². The van der Waals surface area contributed by atoms with Crippen LogP contribution < -0.4 is 14.2 Å². The summed E-state index contributed by atoms with van der Waals surface area (Å²) in [7, 11) is 0. The molecule has 4 rings (SSSR count). The van der Waals surface area contributed by atoms with Gasteiger partial charge in [-0.1, -0.05) is 43.8 Å². The zero-order valence-corrected chi connectivity index (χ0v) is 26.9. The Labute approximate surface area is 280 Å². The Hall–Kier alpha value is -5.38. The van der Waals surface area contributed by atoms with Crippen molar-refractivity contribution in [3.05, 3.63) is 103 Å². The summed E-state index contributed by atoms with van der Waals surface area (Å²) in [5.41, 5.74) is 2.27. The minimum atomic E-state index is -0.674. The molecule has 1 aliphatic rings. The van der Waals surface area contributed by atoms with Gasteiger partial charge in [0.05, 0.1) is 25.2 Å². The van der Waals surface area contributed by atoms with E-state index in [0.29, 0.717) is 35.8 Å². The monoisotopic (exact) mass is 656 g/mol. The van der Waals surface area contributed by atoms with E-state index in [0.717, 1.165) is 49.3 Å². The van der Waals surface area contributed by atoms with Crippen molar-refractivity contribution < 1.29 is 47.6 Å². The number of rotatable bonds is 17. The van der Waals surface area contributed by atoms with Crippen LogP contribution in [0, 0.1) is 0 Å². The summed E-state index contributed by atoms with van der Waals surface area (Å²) in [6.45, 7) is 7.71. The highest BCUT2D eigenvalue weighted by molar-refractivity contribution is 5.93. The molecule has 0 unspecified atom stereocenters. The van der Waals surface area contributed by atoms with Gasteiger partial charge in [0.1, 0.15) is 36.6 Å². The number of carbonyl (C=O) groups is 4. The predicted molar refractivity (Wildman–Crippen MR) is 178 cm³/mol. The predicted octanol–water partition coefficient (Wildman–Crippen LogP) is 6.82. The Morgan fingerprint density at radius 1 is 0.688 bits per heavy atom. The molecule has 1 fully saturated rings. The van der Waals surface area contributed by atoms with Crippen LogP contribution in [0.15, 0.2) is 97.6 Å². The van der Waals surface area contributed by atoms with Crippen LogP contribution in [-0.4, -0.2) is 56.4 Å². The van der Waals surface area contributed by atoms with Crippen LogP contribution in [0.4, 0.5) is 0 Å². The Bertz CT molecular complexity index is 1540. The van der Waals surface area contributed by atoms with Crippen molar-refractivity contribution in [2.24, 2.45) is 0 Å². The standard InChI is InChI=1S/C38H40O10/c1-3-35(39)45-23-7-22-43-31-16-10-28(11-17-31)29-12-20-34(21-13-29)48-38(42)30-14-18-32(19-15-30)44-24-25-46-37(41)27(2)26-36(40)47-33-8-5-4-6-9-33/h3,10-21,33H,1-2,4-9,22-26H2. The fourth-order valence-corrected chi connectivity index (χ4v) is 4.85. The molecule has 0 spiro atoms. The van der Waals surface area contributed by atoms with Gasteiger partial charge in [-0.15, -0.1) is 0 Å². The minimum Gasteiger partial charge on any atom is -0.493 e. The van der Waals surface area contributed by atoms with Crippen molar-refractivity contribution >= 4 is 23.9 Å². The van der Waals surface area contributed by atoms with Gasteiger partial charge in [-0.2, -0.15) is 0 Å². The van der Waals surface area contributed by atoms with Gasteiger partial charge in [0, 0.05) is 18.1 Å². The lowest BCUT2D eigenvalue weighted by atomic mass is 9.98. The van der Waals surface area contributed by atoms with Gasteiger partial charge in [0.2, 0.25) is 0 Å². The third kappa shape index (κ3) is 11.8. The molecule has 1 saturated carbocycles. The first-order valence-electron chi connectivity index (χ1n) is 15.9. The molecule has 0 aromatic heterocycles. The second kappa shape index (κ2) is 18.7. The Morgan fingerprint density at radius 2 is 1.27 bits per heavy atom. The van der Waals surface area contributed by atoms with Crippen LogP contribution in [-0.2, 0) is 28.6 Å². The quantitative estimate of drug-likeness (QED) is 0.0503. The van der Waals surface area contributed by atoms with Gasteiger partial charge in [-0.05, 0) is 85.3 Å². The summed E-state index contributed by atoms with van der Waals surface area (Å²) in [6.07, 6.45) is 6.35. The second-order valence-electron chi connectivity index (χ2n) is 11.1. The first kappa shape index (κ1) is 35.5. The maximum atomic E-state index is 12.7. The van der Waals surface area contributed by atoms with E-state index in [1.807, 2.05) is 36.4 Å². The first-order valence-corrected chi connectivity index (χ1v) is 15.9. The SMILES string of the molecule is C=CC(=O)OCCCOc1ccc(-c2ccc(OC(=O)c3ccc(OCCOC(=O)C(=C)CC(=O)OC4CCCCC4)cc3)cc2)cc1. The zero-order valence-electron chi connectivity index (χ0n) is 26.9. The molecule has 0 heterocycles. The van der Waals surface area contributed by atoms with Gasteiger partial charge in [-0.25, -0.2) is 14.4 Å². The minimum absolute atomic E-state index is 0.0346. The molecule has 0 bridgehead atoms. The molecule has 48 heavy (non-hydrogen) atoms. The highest BCUT2D eigenvalue weighted by atomic mass is 16.6. The molecule has 0 N–H and O–H groups in total. The van der Waals surface area contributed by atoms with Crippen LogP contribution in [0.1, 0.15) is 55.3 Å². The number of esters is 4. The van der Waals surface area contributed by atoms with Gasteiger partial charge in [-0.3, -0.25) is 4.79 Å². The lowest BCUT2D eigenvalue weighted by Gasteiger charge is -2.21. The smallest absolute Gasteiger partial charge is 0.343 e. The van der Waals surface area contributed by atoms with Gasteiger partial charge < -0.3 is 28.4 Å². The number of hydrogen-bond acceptors (Lipinski definition) is 10. The number of benzene rings is 3. The third-order valence-corrected chi connectivity index (χ3v) is 7.39. The van der Waals surface area contributed by atoms with Crippen molar-refractivity contribution in [1.29, 1.82) is 0 Å². The third-order valence-electron chi connectivity index (χ3n) is 7.39.